The third kappa shape index (κ3) is 3.13. The molecule has 1 N–H and O–H groups in total. The van der Waals surface area contributed by atoms with Gasteiger partial charge in [-0.1, -0.05) is 22.4 Å². The minimum atomic E-state index is 0.251. The van der Waals surface area contributed by atoms with Gasteiger partial charge >= 0.3 is 0 Å². The first-order chi connectivity index (χ1) is 10.1. The van der Waals surface area contributed by atoms with Gasteiger partial charge in [0, 0.05) is 41.3 Å². The van der Waals surface area contributed by atoms with Gasteiger partial charge in [-0.15, -0.1) is 0 Å². The van der Waals surface area contributed by atoms with E-state index in [-0.39, 0.29) is 6.04 Å². The third-order valence-electron chi connectivity index (χ3n) is 5.17. The second kappa shape index (κ2) is 6.27. The van der Waals surface area contributed by atoms with Crippen molar-refractivity contribution in [1.29, 1.82) is 0 Å². The highest BCUT2D eigenvalue weighted by Gasteiger charge is 2.35. The summed E-state index contributed by atoms with van der Waals surface area (Å²) in [6.07, 6.45) is 4.03. The van der Waals surface area contributed by atoms with Crippen LogP contribution in [0, 0.1) is 0 Å². The van der Waals surface area contributed by atoms with Gasteiger partial charge in [-0.05, 0) is 51.4 Å². The summed E-state index contributed by atoms with van der Waals surface area (Å²) in [4.78, 5) is 5.23. The van der Waals surface area contributed by atoms with Crippen LogP contribution < -0.4 is 0 Å². The van der Waals surface area contributed by atoms with Crippen molar-refractivity contribution in [2.75, 3.05) is 19.6 Å². The van der Waals surface area contributed by atoms with Crippen LogP contribution in [-0.4, -0.2) is 46.6 Å². The van der Waals surface area contributed by atoms with E-state index in [0.717, 1.165) is 23.1 Å². The average molecular weight is 353 g/mol. The van der Waals surface area contributed by atoms with Gasteiger partial charge in [-0.2, -0.15) is 0 Å². The fraction of sp³-hybridized carbons (Fsp3) is 0.647. The number of piperazine rings is 1. The standard InChI is InChI=1S/C17H25BrN2O/c1-12-10-19-8-4-3-5-15(19)11-20(12)13(2)16-9-14(18)6-7-17(16)21/h6-7,9,12-13,15,21H,3-5,8,10-11H2,1-2H3. The zero-order chi connectivity index (χ0) is 15.0. The number of piperidine rings is 1. The molecule has 0 saturated carbocycles. The van der Waals surface area contributed by atoms with E-state index in [9.17, 15) is 5.11 Å². The normalized spacial score (nSPS) is 29.1. The predicted molar refractivity (Wildman–Crippen MR) is 89.6 cm³/mol. The Labute approximate surface area is 136 Å². The minimum absolute atomic E-state index is 0.251. The van der Waals surface area contributed by atoms with Gasteiger partial charge in [0.15, 0.2) is 0 Å². The summed E-state index contributed by atoms with van der Waals surface area (Å²) in [7, 11) is 0. The molecule has 3 atom stereocenters. The van der Waals surface area contributed by atoms with Crippen molar-refractivity contribution in [3.05, 3.63) is 28.2 Å². The molecule has 1 aromatic rings. The summed E-state index contributed by atoms with van der Waals surface area (Å²) in [5.74, 6) is 0.406. The average Bonchev–Trinajstić information content (AvgIpc) is 2.48. The highest BCUT2D eigenvalue weighted by Crippen LogP contribution is 2.35. The number of aromatic hydroxyl groups is 1. The van der Waals surface area contributed by atoms with E-state index in [1.54, 1.807) is 6.07 Å². The lowest BCUT2D eigenvalue weighted by molar-refractivity contribution is -0.00501. The Bertz CT molecular complexity index is 508. The zero-order valence-corrected chi connectivity index (χ0v) is 14.5. The zero-order valence-electron chi connectivity index (χ0n) is 12.9. The Morgan fingerprint density at radius 1 is 1.29 bits per heavy atom. The Balaban J connectivity index is 1.80. The van der Waals surface area contributed by atoms with E-state index in [1.807, 2.05) is 6.07 Å². The van der Waals surface area contributed by atoms with Crippen molar-refractivity contribution in [3.8, 4) is 5.75 Å². The number of nitrogens with zero attached hydrogens (tertiary/aromatic N) is 2. The highest BCUT2D eigenvalue weighted by molar-refractivity contribution is 9.10. The number of phenols is 1. The molecule has 3 nitrogen and oxygen atoms in total. The molecule has 4 heteroatoms. The molecule has 2 aliphatic rings. The fourth-order valence-corrected chi connectivity index (χ4v) is 4.33. The summed E-state index contributed by atoms with van der Waals surface area (Å²) in [6.45, 7) is 8.07. The number of halogens is 1. The second-order valence-electron chi connectivity index (χ2n) is 6.57. The van der Waals surface area contributed by atoms with E-state index in [1.165, 1.54) is 25.8 Å². The summed E-state index contributed by atoms with van der Waals surface area (Å²) in [5, 5.41) is 10.2. The molecule has 0 radical (unpaired) electrons. The molecule has 3 rings (SSSR count). The van der Waals surface area contributed by atoms with Crippen molar-refractivity contribution < 1.29 is 5.11 Å². The van der Waals surface area contributed by atoms with Gasteiger partial charge in [0.05, 0.1) is 0 Å². The Kier molecular flexibility index (Phi) is 4.57. The maximum atomic E-state index is 10.2. The van der Waals surface area contributed by atoms with Crippen molar-refractivity contribution >= 4 is 15.9 Å². The molecular formula is C17H25BrN2O. The number of fused-ring (bicyclic) bond motifs is 1. The minimum Gasteiger partial charge on any atom is -0.508 e. The SMILES string of the molecule is CC1CN2CCCCC2CN1C(C)c1cc(Br)ccc1O. The first-order valence-corrected chi connectivity index (χ1v) is 8.84. The van der Waals surface area contributed by atoms with Crippen LogP contribution in [-0.2, 0) is 0 Å². The van der Waals surface area contributed by atoms with Gasteiger partial charge in [-0.25, -0.2) is 0 Å². The molecule has 0 amide bonds. The summed E-state index contributed by atoms with van der Waals surface area (Å²) < 4.78 is 1.03. The summed E-state index contributed by atoms with van der Waals surface area (Å²) >= 11 is 3.52. The number of rotatable bonds is 2. The number of hydrogen-bond donors (Lipinski definition) is 1. The van der Waals surface area contributed by atoms with Crippen molar-refractivity contribution in [1.82, 2.24) is 9.80 Å². The Morgan fingerprint density at radius 3 is 2.90 bits per heavy atom. The molecule has 0 aliphatic carbocycles. The molecule has 2 saturated heterocycles. The fourth-order valence-electron chi connectivity index (χ4n) is 3.95. The molecular weight excluding hydrogens is 328 g/mol. The number of benzene rings is 1. The molecule has 2 heterocycles. The topological polar surface area (TPSA) is 26.7 Å². The van der Waals surface area contributed by atoms with Gasteiger partial charge in [-0.3, -0.25) is 9.80 Å². The first kappa shape index (κ1) is 15.3. The maximum absolute atomic E-state index is 10.2. The van der Waals surface area contributed by atoms with Crippen LogP contribution in [0.4, 0.5) is 0 Å². The largest absolute Gasteiger partial charge is 0.508 e. The number of phenolic OH excluding ortho intramolecular Hbond substituents is 1. The van der Waals surface area contributed by atoms with Gasteiger partial charge in [0.1, 0.15) is 5.75 Å². The lowest BCUT2D eigenvalue weighted by Crippen LogP contribution is -2.58. The molecule has 116 valence electrons. The van der Waals surface area contributed by atoms with Crippen LogP contribution >= 0.6 is 15.9 Å². The molecule has 0 spiro atoms. The maximum Gasteiger partial charge on any atom is 0.120 e. The van der Waals surface area contributed by atoms with Crippen molar-refractivity contribution in [2.24, 2.45) is 0 Å². The quantitative estimate of drug-likeness (QED) is 0.877. The van der Waals surface area contributed by atoms with Crippen LogP contribution in [0.25, 0.3) is 0 Å². The van der Waals surface area contributed by atoms with Gasteiger partial charge in [0.2, 0.25) is 0 Å². The molecule has 1 aromatic carbocycles. The van der Waals surface area contributed by atoms with Crippen LogP contribution in [0.3, 0.4) is 0 Å². The van der Waals surface area contributed by atoms with Crippen molar-refractivity contribution in [2.45, 2.75) is 51.2 Å². The van der Waals surface area contributed by atoms with E-state index >= 15 is 0 Å². The predicted octanol–water partition coefficient (Wildman–Crippen LogP) is 3.77. The van der Waals surface area contributed by atoms with Crippen LogP contribution in [0.2, 0.25) is 0 Å². The van der Waals surface area contributed by atoms with Crippen LogP contribution in [0.1, 0.15) is 44.7 Å². The van der Waals surface area contributed by atoms with Crippen molar-refractivity contribution in [3.63, 3.8) is 0 Å². The smallest absolute Gasteiger partial charge is 0.120 e. The van der Waals surface area contributed by atoms with E-state index in [2.05, 4.69) is 45.6 Å². The monoisotopic (exact) mass is 352 g/mol. The number of hydrogen-bond acceptors (Lipinski definition) is 3. The first-order valence-electron chi connectivity index (χ1n) is 8.04. The van der Waals surface area contributed by atoms with Crippen LogP contribution in [0.5, 0.6) is 5.75 Å². The molecule has 0 bridgehead atoms. The Hall–Kier alpha value is -0.580. The lowest BCUT2D eigenvalue weighted by Gasteiger charge is -2.49. The van der Waals surface area contributed by atoms with Gasteiger partial charge < -0.3 is 5.11 Å². The summed E-state index contributed by atoms with van der Waals surface area (Å²) in [6, 6.07) is 7.23. The Morgan fingerprint density at radius 2 is 2.10 bits per heavy atom. The second-order valence-corrected chi connectivity index (χ2v) is 7.49. The van der Waals surface area contributed by atoms with E-state index < -0.39 is 0 Å². The van der Waals surface area contributed by atoms with E-state index in [0.29, 0.717) is 17.8 Å². The molecule has 0 aromatic heterocycles. The molecule has 3 unspecified atom stereocenters. The van der Waals surface area contributed by atoms with Gasteiger partial charge in [0.25, 0.3) is 0 Å². The molecule has 2 aliphatic heterocycles. The third-order valence-corrected chi connectivity index (χ3v) is 5.67. The highest BCUT2D eigenvalue weighted by atomic mass is 79.9. The molecule has 21 heavy (non-hydrogen) atoms. The van der Waals surface area contributed by atoms with E-state index in [4.69, 9.17) is 0 Å². The lowest BCUT2D eigenvalue weighted by atomic mass is 9.94. The summed E-state index contributed by atoms with van der Waals surface area (Å²) in [5.41, 5.74) is 1.03. The van der Waals surface area contributed by atoms with Crippen LogP contribution in [0.15, 0.2) is 22.7 Å². The molecule has 2 fully saturated rings.